The van der Waals surface area contributed by atoms with Gasteiger partial charge >= 0.3 is 0 Å². The van der Waals surface area contributed by atoms with Gasteiger partial charge in [0.05, 0.1) is 7.11 Å². The summed E-state index contributed by atoms with van der Waals surface area (Å²) >= 11 is 0. The van der Waals surface area contributed by atoms with Gasteiger partial charge in [-0.2, -0.15) is 0 Å². The van der Waals surface area contributed by atoms with Crippen LogP contribution in [-0.2, 0) is 17.9 Å². The van der Waals surface area contributed by atoms with Crippen molar-refractivity contribution in [1.82, 2.24) is 9.80 Å². The Labute approximate surface area is 165 Å². The Hall–Kier alpha value is -2.44. The van der Waals surface area contributed by atoms with E-state index in [1.54, 1.807) is 12.1 Å². The van der Waals surface area contributed by atoms with Crippen molar-refractivity contribution < 1.29 is 19.0 Å². The van der Waals surface area contributed by atoms with Crippen molar-refractivity contribution in [2.75, 3.05) is 27.2 Å². The van der Waals surface area contributed by atoms with E-state index in [0.717, 1.165) is 5.56 Å². The van der Waals surface area contributed by atoms with Gasteiger partial charge in [-0.1, -0.05) is 30.3 Å². The minimum absolute atomic E-state index is 0.118. The fourth-order valence-corrected chi connectivity index (χ4v) is 3.77. The lowest BCUT2D eigenvalue weighted by Gasteiger charge is -2.40. The van der Waals surface area contributed by atoms with Crippen molar-refractivity contribution in [2.45, 2.75) is 31.5 Å². The van der Waals surface area contributed by atoms with Gasteiger partial charge in [0, 0.05) is 31.7 Å². The van der Waals surface area contributed by atoms with Crippen molar-refractivity contribution >= 4 is 5.91 Å². The first-order valence-electron chi connectivity index (χ1n) is 9.48. The Balaban J connectivity index is 1.68. The first-order valence-corrected chi connectivity index (χ1v) is 9.48. The molecule has 1 aliphatic heterocycles. The summed E-state index contributed by atoms with van der Waals surface area (Å²) in [6, 6.07) is 14.4. The van der Waals surface area contributed by atoms with E-state index < -0.39 is 5.60 Å². The van der Waals surface area contributed by atoms with Gasteiger partial charge in [-0.3, -0.25) is 9.69 Å². The molecule has 2 aromatic carbocycles. The topological polar surface area (TPSA) is 53.0 Å². The lowest BCUT2D eigenvalue weighted by Crippen LogP contribution is -2.57. The lowest BCUT2D eigenvalue weighted by atomic mass is 9.90. The molecule has 3 rings (SSSR count). The summed E-state index contributed by atoms with van der Waals surface area (Å²) in [5.41, 5.74) is 0.0404. The largest absolute Gasteiger partial charge is 0.497 e. The summed E-state index contributed by atoms with van der Waals surface area (Å²) in [5, 5.41) is 11.1. The summed E-state index contributed by atoms with van der Waals surface area (Å²) < 4.78 is 19.3. The molecule has 1 aliphatic rings. The number of halogens is 1. The standard InChI is InChI=1S/C22H27FN2O3/c1-24(14-17-7-4-3-5-8-17)16-22(27)11-6-12-25(21(22)26)15-18-13-19(28-2)9-10-20(18)23/h3-5,7-10,13,27H,6,11-12,14-16H2,1-2H3. The van der Waals surface area contributed by atoms with E-state index in [1.807, 2.05) is 42.3 Å². The maximum absolute atomic E-state index is 14.2. The van der Waals surface area contributed by atoms with Crippen LogP contribution in [0.4, 0.5) is 4.39 Å². The summed E-state index contributed by atoms with van der Waals surface area (Å²) in [5.74, 6) is -0.191. The Morgan fingerprint density at radius 2 is 2.00 bits per heavy atom. The molecule has 1 atom stereocenters. The fraction of sp³-hybridized carbons (Fsp3) is 0.409. The highest BCUT2D eigenvalue weighted by Gasteiger charge is 2.43. The van der Waals surface area contributed by atoms with E-state index in [0.29, 0.717) is 37.2 Å². The number of nitrogens with zero attached hydrogens (tertiary/aromatic N) is 2. The number of likely N-dealkylation sites (tertiary alicyclic amines) is 1. The molecular formula is C22H27FN2O3. The van der Waals surface area contributed by atoms with E-state index in [4.69, 9.17) is 4.74 Å². The van der Waals surface area contributed by atoms with E-state index in [1.165, 1.54) is 18.1 Å². The van der Waals surface area contributed by atoms with Crippen LogP contribution in [0.5, 0.6) is 5.75 Å². The number of ether oxygens (including phenoxy) is 1. The predicted molar refractivity (Wildman–Crippen MR) is 105 cm³/mol. The minimum atomic E-state index is -1.46. The van der Waals surface area contributed by atoms with Crippen LogP contribution in [0, 0.1) is 5.82 Å². The highest BCUT2D eigenvalue weighted by Crippen LogP contribution is 2.27. The molecule has 0 spiro atoms. The minimum Gasteiger partial charge on any atom is -0.497 e. The van der Waals surface area contributed by atoms with Crippen LogP contribution < -0.4 is 4.74 Å². The van der Waals surface area contributed by atoms with Crippen LogP contribution in [0.15, 0.2) is 48.5 Å². The Morgan fingerprint density at radius 3 is 2.71 bits per heavy atom. The average molecular weight is 386 g/mol. The van der Waals surface area contributed by atoms with Gasteiger partial charge in [0.2, 0.25) is 0 Å². The van der Waals surface area contributed by atoms with Gasteiger partial charge in [0.15, 0.2) is 5.60 Å². The fourth-order valence-electron chi connectivity index (χ4n) is 3.77. The molecule has 1 unspecified atom stereocenters. The van der Waals surface area contributed by atoms with Gasteiger partial charge in [-0.15, -0.1) is 0 Å². The molecule has 1 N–H and O–H groups in total. The smallest absolute Gasteiger partial charge is 0.256 e. The maximum atomic E-state index is 14.2. The molecule has 1 amide bonds. The molecule has 5 nitrogen and oxygen atoms in total. The first-order chi connectivity index (χ1) is 13.4. The zero-order valence-electron chi connectivity index (χ0n) is 16.4. The number of carbonyl (C=O) groups excluding carboxylic acids is 1. The van der Waals surface area contributed by atoms with Crippen LogP contribution in [0.3, 0.4) is 0 Å². The van der Waals surface area contributed by atoms with Crippen LogP contribution >= 0.6 is 0 Å². The summed E-state index contributed by atoms with van der Waals surface area (Å²) in [6.07, 6.45) is 1.08. The second kappa shape index (κ2) is 8.71. The van der Waals surface area contributed by atoms with E-state index in [9.17, 15) is 14.3 Å². The van der Waals surface area contributed by atoms with E-state index >= 15 is 0 Å². The van der Waals surface area contributed by atoms with Gasteiger partial charge < -0.3 is 14.7 Å². The van der Waals surface area contributed by atoms with Gasteiger partial charge in [0.1, 0.15) is 11.6 Å². The summed E-state index contributed by atoms with van der Waals surface area (Å²) in [6.45, 7) is 1.49. The van der Waals surface area contributed by atoms with Crippen molar-refractivity contribution in [3.63, 3.8) is 0 Å². The number of methoxy groups -OCH3 is 1. The van der Waals surface area contributed by atoms with Crippen molar-refractivity contribution in [3.05, 3.63) is 65.5 Å². The molecular weight excluding hydrogens is 359 g/mol. The third-order valence-corrected chi connectivity index (χ3v) is 5.14. The van der Waals surface area contributed by atoms with E-state index in [2.05, 4.69) is 0 Å². The average Bonchev–Trinajstić information content (AvgIpc) is 2.68. The third kappa shape index (κ3) is 4.69. The summed E-state index contributed by atoms with van der Waals surface area (Å²) in [7, 11) is 3.41. The number of amides is 1. The molecule has 6 heteroatoms. The molecule has 28 heavy (non-hydrogen) atoms. The molecule has 0 aromatic heterocycles. The Bertz CT molecular complexity index is 815. The molecule has 0 aliphatic carbocycles. The first kappa shape index (κ1) is 20.3. The van der Waals surface area contributed by atoms with Gasteiger partial charge in [-0.05, 0) is 43.7 Å². The maximum Gasteiger partial charge on any atom is 0.256 e. The highest BCUT2D eigenvalue weighted by molar-refractivity contribution is 5.86. The Morgan fingerprint density at radius 1 is 1.25 bits per heavy atom. The zero-order chi connectivity index (χ0) is 20.1. The number of rotatable bonds is 7. The normalized spacial score (nSPS) is 19.9. The molecule has 1 saturated heterocycles. The molecule has 2 aromatic rings. The number of likely N-dealkylation sites (N-methyl/N-ethyl adjacent to an activating group) is 1. The number of hydrogen-bond acceptors (Lipinski definition) is 4. The summed E-state index contributed by atoms with van der Waals surface area (Å²) in [4.78, 5) is 16.5. The molecule has 0 saturated carbocycles. The number of aliphatic hydroxyl groups is 1. The molecule has 1 heterocycles. The number of carbonyl (C=O) groups is 1. The van der Waals surface area contributed by atoms with Crippen LogP contribution in [0.1, 0.15) is 24.0 Å². The molecule has 1 fully saturated rings. The predicted octanol–water partition coefficient (Wildman–Crippen LogP) is 2.82. The quantitative estimate of drug-likeness (QED) is 0.795. The SMILES string of the molecule is COc1ccc(F)c(CN2CCCC(O)(CN(C)Cc3ccccc3)C2=O)c1. The van der Waals surface area contributed by atoms with Crippen molar-refractivity contribution in [2.24, 2.45) is 0 Å². The molecule has 150 valence electrons. The van der Waals surface area contributed by atoms with Gasteiger partial charge in [-0.25, -0.2) is 4.39 Å². The Kier molecular flexibility index (Phi) is 6.31. The van der Waals surface area contributed by atoms with Crippen LogP contribution in [0.2, 0.25) is 0 Å². The van der Waals surface area contributed by atoms with E-state index in [-0.39, 0.29) is 24.8 Å². The number of benzene rings is 2. The second-order valence-corrected chi connectivity index (χ2v) is 7.48. The monoisotopic (exact) mass is 386 g/mol. The van der Waals surface area contributed by atoms with Crippen LogP contribution in [0.25, 0.3) is 0 Å². The highest BCUT2D eigenvalue weighted by atomic mass is 19.1. The number of hydrogen-bond donors (Lipinski definition) is 1. The number of piperidine rings is 1. The third-order valence-electron chi connectivity index (χ3n) is 5.14. The zero-order valence-corrected chi connectivity index (χ0v) is 16.4. The molecule has 0 radical (unpaired) electrons. The van der Waals surface area contributed by atoms with Crippen molar-refractivity contribution in [1.29, 1.82) is 0 Å². The van der Waals surface area contributed by atoms with Gasteiger partial charge in [0.25, 0.3) is 5.91 Å². The van der Waals surface area contributed by atoms with Crippen molar-refractivity contribution in [3.8, 4) is 5.75 Å². The second-order valence-electron chi connectivity index (χ2n) is 7.48. The van der Waals surface area contributed by atoms with Crippen LogP contribution in [-0.4, -0.2) is 53.7 Å². The molecule has 0 bridgehead atoms. The lowest BCUT2D eigenvalue weighted by molar-refractivity contribution is -0.160.